The van der Waals surface area contributed by atoms with Gasteiger partial charge in [-0.15, -0.1) is 0 Å². The summed E-state index contributed by atoms with van der Waals surface area (Å²) in [5.41, 5.74) is 3.19. The normalized spacial score (nSPS) is 16.3. The van der Waals surface area contributed by atoms with E-state index in [2.05, 4.69) is 48.5 Å². The molecule has 0 bridgehead atoms. The lowest BCUT2D eigenvalue weighted by Gasteiger charge is -2.18. The molecule has 5 nitrogen and oxygen atoms in total. The molecule has 1 fully saturated rings. The van der Waals surface area contributed by atoms with E-state index < -0.39 is 11.9 Å². The average Bonchev–Trinajstić information content (AvgIpc) is 3.72. The fraction of sp³-hybridized carbons (Fsp3) is 0.241. The summed E-state index contributed by atoms with van der Waals surface area (Å²) in [6, 6.07) is 23.9. The smallest absolute Gasteiger partial charge is 0.339 e. The highest BCUT2D eigenvalue weighted by atomic mass is 16.6. The van der Waals surface area contributed by atoms with Crippen LogP contribution in [0.25, 0.3) is 21.5 Å². The predicted molar refractivity (Wildman–Crippen MR) is 132 cm³/mol. The summed E-state index contributed by atoms with van der Waals surface area (Å²) in [6.07, 6.45) is 5.19. The van der Waals surface area contributed by atoms with Crippen LogP contribution in [0.5, 0.6) is 0 Å². The summed E-state index contributed by atoms with van der Waals surface area (Å²) in [4.78, 5) is 22.4. The topological polar surface area (TPSA) is 76.1 Å². The highest BCUT2D eigenvalue weighted by molar-refractivity contribution is 6.08. The Hall–Kier alpha value is -3.70. The number of carbonyl (C=O) groups is 2. The molecule has 1 saturated heterocycles. The van der Waals surface area contributed by atoms with Crippen molar-refractivity contribution in [2.45, 2.75) is 31.8 Å². The molecule has 0 amide bonds. The van der Waals surface area contributed by atoms with Gasteiger partial charge in [0, 0.05) is 0 Å². The maximum Gasteiger partial charge on any atom is 0.339 e. The summed E-state index contributed by atoms with van der Waals surface area (Å²) in [5.74, 6) is -1.77. The zero-order valence-corrected chi connectivity index (χ0v) is 18.8. The molecule has 1 atom stereocenters. The van der Waals surface area contributed by atoms with Gasteiger partial charge in [-0.3, -0.25) is 0 Å². The number of aryl methyl sites for hydroxylation is 2. The minimum absolute atomic E-state index is 0.0269. The van der Waals surface area contributed by atoms with E-state index in [9.17, 15) is 9.59 Å². The summed E-state index contributed by atoms with van der Waals surface area (Å²) in [6.45, 7) is 0.765. The molecule has 0 aromatic heterocycles. The van der Waals surface area contributed by atoms with Crippen LogP contribution >= 0.6 is 0 Å². The van der Waals surface area contributed by atoms with Gasteiger partial charge in [-0.1, -0.05) is 60.7 Å². The number of rotatable bonds is 4. The van der Waals surface area contributed by atoms with Crippen LogP contribution in [0.2, 0.25) is 0 Å². The third-order valence-electron chi connectivity index (χ3n) is 6.44. The zero-order chi connectivity index (χ0) is 23.5. The highest BCUT2D eigenvalue weighted by Gasteiger charge is 2.25. The summed E-state index contributed by atoms with van der Waals surface area (Å²) in [5, 5.41) is 14.5. The van der Waals surface area contributed by atoms with Gasteiger partial charge in [0.1, 0.15) is 12.7 Å². The van der Waals surface area contributed by atoms with Gasteiger partial charge in [0.25, 0.3) is 0 Å². The molecule has 1 aliphatic carbocycles. The lowest BCUT2D eigenvalue weighted by Crippen LogP contribution is -2.14. The van der Waals surface area contributed by atoms with Crippen LogP contribution in [0.4, 0.5) is 0 Å². The number of hydrogen-bond acceptors (Lipinski definition) is 4. The van der Waals surface area contributed by atoms with Gasteiger partial charge in [0.15, 0.2) is 0 Å². The molecule has 0 saturated carbocycles. The van der Waals surface area contributed by atoms with Crippen molar-refractivity contribution in [2.24, 2.45) is 0 Å². The first kappa shape index (κ1) is 22.1. The maximum absolute atomic E-state index is 11.6. The Kier molecular flexibility index (Phi) is 6.28. The van der Waals surface area contributed by atoms with Crippen LogP contribution < -0.4 is 0 Å². The van der Waals surface area contributed by atoms with E-state index in [1.165, 1.54) is 59.4 Å². The number of esters is 1. The SMILES string of the molecule is O=C(O)c1ccccc1C(=O)OCC1CO1.c1ccc2c(c1)ccc1c3c(ccc12)CCCC3. The Morgan fingerprint density at radius 3 is 2.32 bits per heavy atom. The van der Waals surface area contributed by atoms with Crippen LogP contribution in [0.3, 0.4) is 0 Å². The number of ether oxygens (including phenoxy) is 2. The van der Waals surface area contributed by atoms with E-state index in [1.54, 1.807) is 23.3 Å². The van der Waals surface area contributed by atoms with Crippen molar-refractivity contribution in [3.05, 3.63) is 95.1 Å². The molecule has 4 aromatic carbocycles. The van der Waals surface area contributed by atoms with Gasteiger partial charge in [-0.25, -0.2) is 9.59 Å². The van der Waals surface area contributed by atoms with Gasteiger partial charge in [-0.2, -0.15) is 0 Å². The largest absolute Gasteiger partial charge is 0.478 e. The first-order valence-electron chi connectivity index (χ1n) is 11.6. The third-order valence-corrected chi connectivity index (χ3v) is 6.44. The highest BCUT2D eigenvalue weighted by Crippen LogP contribution is 2.33. The third kappa shape index (κ3) is 4.66. The van der Waals surface area contributed by atoms with Crippen molar-refractivity contribution in [3.8, 4) is 0 Å². The predicted octanol–water partition coefficient (Wildman–Crippen LogP) is 5.81. The van der Waals surface area contributed by atoms with Crippen molar-refractivity contribution in [2.75, 3.05) is 13.2 Å². The van der Waals surface area contributed by atoms with Gasteiger partial charge in [0.2, 0.25) is 0 Å². The second-order valence-corrected chi connectivity index (χ2v) is 8.70. The maximum atomic E-state index is 11.6. The number of fused-ring (bicyclic) bond motifs is 5. The minimum Gasteiger partial charge on any atom is -0.478 e. The Bertz CT molecular complexity index is 1370. The first-order valence-corrected chi connectivity index (χ1v) is 11.6. The minimum atomic E-state index is -1.14. The van der Waals surface area contributed by atoms with Crippen LogP contribution in [-0.2, 0) is 22.3 Å². The quantitative estimate of drug-likeness (QED) is 0.239. The van der Waals surface area contributed by atoms with E-state index in [4.69, 9.17) is 14.6 Å². The average molecular weight is 455 g/mol. The monoisotopic (exact) mass is 454 g/mol. The zero-order valence-electron chi connectivity index (χ0n) is 18.8. The second-order valence-electron chi connectivity index (χ2n) is 8.70. The van der Waals surface area contributed by atoms with Crippen molar-refractivity contribution in [3.63, 3.8) is 0 Å². The first-order chi connectivity index (χ1) is 16.6. The van der Waals surface area contributed by atoms with E-state index in [-0.39, 0.29) is 23.8 Å². The van der Waals surface area contributed by atoms with Crippen LogP contribution in [-0.4, -0.2) is 36.4 Å². The molecule has 34 heavy (non-hydrogen) atoms. The van der Waals surface area contributed by atoms with Gasteiger partial charge >= 0.3 is 11.9 Å². The fourth-order valence-electron chi connectivity index (χ4n) is 4.60. The standard InChI is InChI=1S/C18H16.C11H10O5/c1-3-7-15-13(5-1)9-11-18-16-8-4-2-6-14(16)10-12-17(15)18;12-10(13)8-3-1-2-4-9(8)11(14)16-6-7-5-15-7/h1,3,5,7,9-12H,2,4,6,8H2;1-4,7H,5-6H2,(H,12,13). The number of benzene rings is 4. The molecule has 4 aromatic rings. The number of epoxide rings is 1. The Labute approximate surface area is 197 Å². The van der Waals surface area contributed by atoms with Crippen LogP contribution in [0.15, 0.2) is 72.8 Å². The number of aromatic carboxylic acids is 1. The fourth-order valence-corrected chi connectivity index (χ4v) is 4.60. The number of carboxylic acids is 1. The molecule has 1 N–H and O–H groups in total. The molecular weight excluding hydrogens is 428 g/mol. The molecule has 1 aliphatic heterocycles. The second kappa shape index (κ2) is 9.65. The molecule has 6 rings (SSSR count). The van der Waals surface area contributed by atoms with Crippen molar-refractivity contribution in [1.82, 2.24) is 0 Å². The molecule has 1 heterocycles. The lowest BCUT2D eigenvalue weighted by molar-refractivity contribution is 0.0467. The van der Waals surface area contributed by atoms with E-state index in [1.807, 2.05) is 0 Å². The van der Waals surface area contributed by atoms with Gasteiger partial charge in [0.05, 0.1) is 17.7 Å². The van der Waals surface area contributed by atoms with Crippen molar-refractivity contribution < 1.29 is 24.2 Å². The van der Waals surface area contributed by atoms with Crippen molar-refractivity contribution >= 4 is 33.5 Å². The summed E-state index contributed by atoms with van der Waals surface area (Å²) < 4.78 is 9.79. The number of carbonyl (C=O) groups excluding carboxylic acids is 1. The van der Waals surface area contributed by atoms with E-state index >= 15 is 0 Å². The summed E-state index contributed by atoms with van der Waals surface area (Å²) in [7, 11) is 0. The van der Waals surface area contributed by atoms with Crippen LogP contribution in [0, 0.1) is 0 Å². The molecule has 0 radical (unpaired) electrons. The van der Waals surface area contributed by atoms with Gasteiger partial charge < -0.3 is 14.6 Å². The van der Waals surface area contributed by atoms with Crippen molar-refractivity contribution in [1.29, 1.82) is 0 Å². The Morgan fingerprint density at radius 2 is 1.53 bits per heavy atom. The molecule has 2 aliphatic rings. The molecule has 1 unspecified atom stereocenters. The lowest BCUT2D eigenvalue weighted by atomic mass is 9.86. The van der Waals surface area contributed by atoms with E-state index in [0.717, 1.165) is 0 Å². The number of carboxylic acid groups (broad SMARTS) is 1. The molecule has 0 spiro atoms. The molecular formula is C29H26O5. The van der Waals surface area contributed by atoms with Gasteiger partial charge in [-0.05, 0) is 70.5 Å². The summed E-state index contributed by atoms with van der Waals surface area (Å²) >= 11 is 0. The number of hydrogen-bond donors (Lipinski definition) is 1. The van der Waals surface area contributed by atoms with Crippen LogP contribution in [0.1, 0.15) is 44.7 Å². The molecule has 5 heteroatoms. The Balaban J connectivity index is 0.000000143. The van der Waals surface area contributed by atoms with E-state index in [0.29, 0.717) is 6.61 Å². The molecule has 172 valence electrons. The Morgan fingerprint density at radius 1 is 0.824 bits per heavy atom.